The standard InChI is InChI=1S/C19H14FN5O2/c1-10-3-2-4-13(9-10)25-18-15(23-19(25)27)14(16(21)26)22-17(24-18)11-5-7-12(20)8-6-11/h2-9H,1H3,(H2,21,26)(H,23,27). The molecular weight excluding hydrogens is 349 g/mol. The number of aromatic amines is 1. The van der Waals surface area contributed by atoms with Crippen LogP contribution in [0.5, 0.6) is 0 Å². The van der Waals surface area contributed by atoms with Crippen molar-refractivity contribution in [3.8, 4) is 17.1 Å². The molecule has 3 N–H and O–H groups in total. The molecule has 0 radical (unpaired) electrons. The highest BCUT2D eigenvalue weighted by molar-refractivity contribution is 6.02. The lowest BCUT2D eigenvalue weighted by atomic mass is 10.2. The van der Waals surface area contributed by atoms with Gasteiger partial charge in [-0.3, -0.25) is 4.79 Å². The Kier molecular flexibility index (Phi) is 3.80. The van der Waals surface area contributed by atoms with E-state index in [9.17, 15) is 14.0 Å². The molecule has 1 amide bonds. The van der Waals surface area contributed by atoms with Crippen molar-refractivity contribution in [3.63, 3.8) is 0 Å². The first-order valence-corrected chi connectivity index (χ1v) is 8.09. The van der Waals surface area contributed by atoms with Gasteiger partial charge in [0.1, 0.15) is 11.3 Å². The second-order valence-electron chi connectivity index (χ2n) is 6.07. The second kappa shape index (κ2) is 6.17. The number of carbonyl (C=O) groups excluding carboxylic acids is 1. The highest BCUT2D eigenvalue weighted by Crippen LogP contribution is 2.22. The molecule has 0 saturated heterocycles. The Hall–Kier alpha value is -3.81. The third kappa shape index (κ3) is 2.86. The van der Waals surface area contributed by atoms with E-state index in [4.69, 9.17) is 5.73 Å². The summed E-state index contributed by atoms with van der Waals surface area (Å²) in [6.07, 6.45) is 0. The Morgan fingerprint density at radius 1 is 1.15 bits per heavy atom. The van der Waals surface area contributed by atoms with Crippen molar-refractivity contribution in [2.75, 3.05) is 0 Å². The van der Waals surface area contributed by atoms with Crippen molar-refractivity contribution >= 4 is 17.1 Å². The number of imidazole rings is 1. The van der Waals surface area contributed by atoms with E-state index in [1.165, 1.54) is 28.8 Å². The minimum Gasteiger partial charge on any atom is -0.364 e. The summed E-state index contributed by atoms with van der Waals surface area (Å²) < 4.78 is 14.6. The molecule has 0 aliphatic carbocycles. The zero-order valence-corrected chi connectivity index (χ0v) is 14.2. The number of fused-ring (bicyclic) bond motifs is 1. The summed E-state index contributed by atoms with van der Waals surface area (Å²) in [5.41, 5.74) is 7.28. The average molecular weight is 363 g/mol. The molecule has 0 bridgehead atoms. The lowest BCUT2D eigenvalue weighted by Gasteiger charge is -2.07. The number of nitrogens with zero attached hydrogens (tertiary/aromatic N) is 3. The number of hydrogen-bond donors (Lipinski definition) is 2. The molecule has 0 saturated carbocycles. The molecule has 2 heterocycles. The van der Waals surface area contributed by atoms with Gasteiger partial charge in [0.15, 0.2) is 17.2 Å². The number of aromatic nitrogens is 4. The first-order chi connectivity index (χ1) is 12.9. The fourth-order valence-electron chi connectivity index (χ4n) is 2.90. The molecule has 0 aliphatic heterocycles. The van der Waals surface area contributed by atoms with Crippen LogP contribution >= 0.6 is 0 Å². The van der Waals surface area contributed by atoms with Gasteiger partial charge < -0.3 is 10.7 Å². The predicted molar refractivity (Wildman–Crippen MR) is 98.1 cm³/mol. The Morgan fingerprint density at radius 2 is 1.89 bits per heavy atom. The van der Waals surface area contributed by atoms with E-state index in [0.29, 0.717) is 11.3 Å². The van der Waals surface area contributed by atoms with Crippen LogP contribution in [-0.2, 0) is 0 Å². The summed E-state index contributed by atoms with van der Waals surface area (Å²) in [6, 6.07) is 12.8. The zero-order chi connectivity index (χ0) is 19.1. The highest BCUT2D eigenvalue weighted by atomic mass is 19.1. The molecule has 0 atom stereocenters. The van der Waals surface area contributed by atoms with E-state index in [2.05, 4.69) is 15.0 Å². The highest BCUT2D eigenvalue weighted by Gasteiger charge is 2.20. The SMILES string of the molecule is Cc1cccc(-n2c(=O)[nH]c3c(C(N)=O)nc(-c4ccc(F)cc4)nc32)c1. The van der Waals surface area contributed by atoms with Gasteiger partial charge in [0.25, 0.3) is 5.91 Å². The maximum Gasteiger partial charge on any atom is 0.332 e. The van der Waals surface area contributed by atoms with Crippen molar-refractivity contribution in [2.45, 2.75) is 6.92 Å². The summed E-state index contributed by atoms with van der Waals surface area (Å²) in [5.74, 6) is -1.05. The number of nitrogens with one attached hydrogen (secondary N) is 1. The topological polar surface area (TPSA) is 107 Å². The van der Waals surface area contributed by atoms with Crippen LogP contribution in [0, 0.1) is 12.7 Å². The quantitative estimate of drug-likeness (QED) is 0.582. The summed E-state index contributed by atoms with van der Waals surface area (Å²) in [6.45, 7) is 1.90. The number of nitrogens with two attached hydrogens (primary N) is 1. The predicted octanol–water partition coefficient (Wildman–Crippen LogP) is 2.32. The fraction of sp³-hybridized carbons (Fsp3) is 0.0526. The van der Waals surface area contributed by atoms with Gasteiger partial charge in [-0.25, -0.2) is 23.7 Å². The van der Waals surface area contributed by atoms with Gasteiger partial charge in [-0.15, -0.1) is 0 Å². The average Bonchev–Trinajstić information content (AvgIpc) is 2.97. The Bertz CT molecular complexity index is 1240. The maximum absolute atomic E-state index is 13.2. The molecule has 2 aromatic heterocycles. The Labute approximate surface area is 152 Å². The molecule has 0 spiro atoms. The Balaban J connectivity index is 2.06. The van der Waals surface area contributed by atoms with Crippen LogP contribution < -0.4 is 11.4 Å². The lowest BCUT2D eigenvalue weighted by molar-refractivity contribution is 0.0997. The zero-order valence-electron chi connectivity index (χ0n) is 14.2. The van der Waals surface area contributed by atoms with E-state index < -0.39 is 17.4 Å². The van der Waals surface area contributed by atoms with Gasteiger partial charge in [0, 0.05) is 5.56 Å². The number of halogens is 1. The second-order valence-corrected chi connectivity index (χ2v) is 6.07. The number of benzene rings is 2. The van der Waals surface area contributed by atoms with E-state index in [1.54, 1.807) is 6.07 Å². The number of H-pyrrole nitrogens is 1. The molecule has 0 aliphatic rings. The van der Waals surface area contributed by atoms with Crippen molar-refractivity contribution in [3.05, 3.63) is 76.1 Å². The molecule has 2 aromatic carbocycles. The first-order valence-electron chi connectivity index (χ1n) is 8.09. The number of rotatable bonds is 3. The molecular formula is C19H14FN5O2. The molecule has 27 heavy (non-hydrogen) atoms. The van der Waals surface area contributed by atoms with Gasteiger partial charge in [0.05, 0.1) is 5.69 Å². The third-order valence-corrected chi connectivity index (χ3v) is 4.13. The normalized spacial score (nSPS) is 11.0. The molecule has 8 heteroatoms. The van der Waals surface area contributed by atoms with Gasteiger partial charge in [-0.1, -0.05) is 12.1 Å². The van der Waals surface area contributed by atoms with E-state index >= 15 is 0 Å². The summed E-state index contributed by atoms with van der Waals surface area (Å²) in [5, 5.41) is 0. The first kappa shape index (κ1) is 16.6. The molecule has 4 aromatic rings. The van der Waals surface area contributed by atoms with Crippen LogP contribution in [0.25, 0.3) is 28.2 Å². The number of carbonyl (C=O) groups is 1. The third-order valence-electron chi connectivity index (χ3n) is 4.13. The van der Waals surface area contributed by atoms with Crippen LogP contribution in [0.3, 0.4) is 0 Å². The van der Waals surface area contributed by atoms with Crippen molar-refractivity contribution in [1.29, 1.82) is 0 Å². The monoisotopic (exact) mass is 363 g/mol. The summed E-state index contributed by atoms with van der Waals surface area (Å²) in [4.78, 5) is 35.7. The summed E-state index contributed by atoms with van der Waals surface area (Å²) >= 11 is 0. The van der Waals surface area contributed by atoms with Gasteiger partial charge in [0.2, 0.25) is 0 Å². The van der Waals surface area contributed by atoms with Crippen molar-refractivity contribution in [2.24, 2.45) is 5.73 Å². The molecule has 134 valence electrons. The molecule has 7 nitrogen and oxygen atoms in total. The van der Waals surface area contributed by atoms with Gasteiger partial charge in [-0.2, -0.15) is 0 Å². The van der Waals surface area contributed by atoms with Gasteiger partial charge >= 0.3 is 5.69 Å². The van der Waals surface area contributed by atoms with Gasteiger partial charge in [-0.05, 0) is 48.9 Å². The molecule has 4 rings (SSSR count). The number of primary amides is 1. The van der Waals surface area contributed by atoms with Crippen molar-refractivity contribution < 1.29 is 9.18 Å². The smallest absolute Gasteiger partial charge is 0.332 e. The largest absolute Gasteiger partial charge is 0.364 e. The lowest BCUT2D eigenvalue weighted by Crippen LogP contribution is -2.15. The van der Waals surface area contributed by atoms with Crippen LogP contribution in [0.1, 0.15) is 16.1 Å². The van der Waals surface area contributed by atoms with E-state index in [-0.39, 0.29) is 22.7 Å². The molecule has 0 unspecified atom stereocenters. The minimum atomic E-state index is -0.802. The maximum atomic E-state index is 13.2. The number of hydrogen-bond acceptors (Lipinski definition) is 4. The van der Waals surface area contributed by atoms with Crippen LogP contribution in [-0.4, -0.2) is 25.4 Å². The van der Waals surface area contributed by atoms with Crippen molar-refractivity contribution in [1.82, 2.24) is 19.5 Å². The van der Waals surface area contributed by atoms with Crippen LogP contribution in [0.4, 0.5) is 4.39 Å². The minimum absolute atomic E-state index is 0.108. The summed E-state index contributed by atoms with van der Waals surface area (Å²) in [7, 11) is 0. The fourth-order valence-corrected chi connectivity index (χ4v) is 2.90. The Morgan fingerprint density at radius 3 is 2.56 bits per heavy atom. The van der Waals surface area contributed by atoms with Crippen LogP contribution in [0.15, 0.2) is 53.3 Å². The number of aryl methyl sites for hydroxylation is 1. The molecule has 0 fully saturated rings. The number of amides is 1. The van der Waals surface area contributed by atoms with E-state index in [0.717, 1.165) is 5.56 Å². The van der Waals surface area contributed by atoms with Crippen LogP contribution in [0.2, 0.25) is 0 Å². The van der Waals surface area contributed by atoms with E-state index in [1.807, 2.05) is 25.1 Å².